The Morgan fingerprint density at radius 2 is 1.82 bits per heavy atom. The van der Waals surface area contributed by atoms with Crippen LogP contribution < -0.4 is 14.2 Å². The smallest absolute Gasteiger partial charge is 0.315 e. The maximum Gasteiger partial charge on any atom is 0.315 e. The molecule has 0 atom stereocenters. The molecule has 0 aliphatic heterocycles. The van der Waals surface area contributed by atoms with Crippen LogP contribution in [0.3, 0.4) is 0 Å². The monoisotopic (exact) mass is 438 g/mol. The van der Waals surface area contributed by atoms with Crippen molar-refractivity contribution >= 4 is 28.5 Å². The number of methoxy groups -OCH3 is 2. The van der Waals surface area contributed by atoms with Gasteiger partial charge in [0.2, 0.25) is 0 Å². The molecule has 6 nitrogen and oxygen atoms in total. The summed E-state index contributed by atoms with van der Waals surface area (Å²) in [6, 6.07) is 22.4. The van der Waals surface area contributed by atoms with Gasteiger partial charge in [-0.3, -0.25) is 4.79 Å². The number of esters is 1. The fourth-order valence-corrected chi connectivity index (χ4v) is 3.62. The van der Waals surface area contributed by atoms with Crippen LogP contribution in [0.15, 0.2) is 72.9 Å². The number of aromatic amines is 1. The fourth-order valence-electron chi connectivity index (χ4n) is 3.62. The van der Waals surface area contributed by atoms with Gasteiger partial charge in [-0.1, -0.05) is 30.3 Å². The van der Waals surface area contributed by atoms with E-state index in [4.69, 9.17) is 14.2 Å². The second-order valence-corrected chi connectivity index (χ2v) is 7.32. The van der Waals surface area contributed by atoms with Gasteiger partial charge in [0, 0.05) is 17.1 Å². The van der Waals surface area contributed by atoms with Gasteiger partial charge in [-0.15, -0.1) is 0 Å². The van der Waals surface area contributed by atoms with Crippen molar-refractivity contribution in [2.45, 2.75) is 6.42 Å². The summed E-state index contributed by atoms with van der Waals surface area (Å²) < 4.78 is 16.2. The van der Waals surface area contributed by atoms with Gasteiger partial charge in [0.25, 0.3) is 0 Å². The molecule has 33 heavy (non-hydrogen) atoms. The number of carbonyl (C=O) groups is 1. The molecule has 0 amide bonds. The van der Waals surface area contributed by atoms with Crippen molar-refractivity contribution in [3.05, 3.63) is 89.6 Å². The molecule has 6 heteroatoms. The third kappa shape index (κ3) is 4.89. The molecule has 3 aromatic carbocycles. The number of rotatable bonds is 7. The number of fused-ring (bicyclic) bond motifs is 1. The van der Waals surface area contributed by atoms with Gasteiger partial charge in [0.05, 0.1) is 32.3 Å². The van der Waals surface area contributed by atoms with Crippen molar-refractivity contribution < 1.29 is 19.0 Å². The van der Waals surface area contributed by atoms with Crippen LogP contribution >= 0.6 is 0 Å². The number of nitriles is 1. The minimum absolute atomic E-state index is 0.152. The van der Waals surface area contributed by atoms with Crippen LogP contribution in [0.1, 0.15) is 16.7 Å². The van der Waals surface area contributed by atoms with Gasteiger partial charge >= 0.3 is 5.97 Å². The molecule has 1 aromatic heterocycles. The third-order valence-electron chi connectivity index (χ3n) is 5.23. The van der Waals surface area contributed by atoms with Crippen LogP contribution in [-0.2, 0) is 11.2 Å². The Labute approximate surface area is 191 Å². The molecule has 0 bridgehead atoms. The quantitative estimate of drug-likeness (QED) is 0.181. The summed E-state index contributed by atoms with van der Waals surface area (Å²) in [5.74, 6) is 1.18. The first kappa shape index (κ1) is 21.7. The largest absolute Gasteiger partial charge is 0.493 e. The van der Waals surface area contributed by atoms with Crippen molar-refractivity contribution in [2.24, 2.45) is 0 Å². The number of H-pyrrole nitrogens is 1. The zero-order chi connectivity index (χ0) is 23.2. The topological polar surface area (TPSA) is 84.3 Å². The summed E-state index contributed by atoms with van der Waals surface area (Å²) in [5.41, 5.74) is 3.73. The number of nitrogens with one attached hydrogen (secondary N) is 1. The highest BCUT2D eigenvalue weighted by Gasteiger charge is 2.12. The van der Waals surface area contributed by atoms with Crippen molar-refractivity contribution in [1.29, 1.82) is 5.26 Å². The Kier molecular flexibility index (Phi) is 6.42. The standard InChI is InChI=1S/C27H22N2O4/c1-31-25-11-10-19(14-26(25)32-2)20(16-28)12-18-6-5-7-22(13-18)33-27(30)15-21-17-29-24-9-4-3-8-23(21)24/h3-14,17,29H,15H2,1-2H3/b20-12-. The normalized spacial score (nSPS) is 11.1. The van der Waals surface area contributed by atoms with E-state index in [0.29, 0.717) is 28.4 Å². The van der Waals surface area contributed by atoms with E-state index >= 15 is 0 Å². The number of carbonyl (C=O) groups excluding carboxylic acids is 1. The number of nitrogens with zero attached hydrogens (tertiary/aromatic N) is 1. The second kappa shape index (κ2) is 9.75. The first-order chi connectivity index (χ1) is 16.1. The Morgan fingerprint density at radius 3 is 2.61 bits per heavy atom. The number of ether oxygens (including phenoxy) is 3. The molecule has 0 aliphatic carbocycles. The summed E-state index contributed by atoms with van der Waals surface area (Å²) in [6.07, 6.45) is 3.71. The molecule has 4 aromatic rings. The number of allylic oxidation sites excluding steroid dienone is 1. The number of aromatic nitrogens is 1. The maximum absolute atomic E-state index is 12.5. The average Bonchev–Trinajstić information content (AvgIpc) is 3.25. The molecule has 164 valence electrons. The molecule has 0 radical (unpaired) electrons. The predicted molar refractivity (Wildman–Crippen MR) is 127 cm³/mol. The van der Waals surface area contributed by atoms with Crippen LogP contribution in [0.5, 0.6) is 17.2 Å². The molecular weight excluding hydrogens is 416 g/mol. The highest BCUT2D eigenvalue weighted by atomic mass is 16.5. The molecule has 0 fully saturated rings. The molecule has 1 N–H and O–H groups in total. The lowest BCUT2D eigenvalue weighted by Gasteiger charge is -2.09. The summed E-state index contributed by atoms with van der Waals surface area (Å²) in [5, 5.41) is 10.7. The molecule has 4 rings (SSSR count). The minimum atomic E-state index is -0.360. The van der Waals surface area contributed by atoms with Crippen molar-refractivity contribution in [2.75, 3.05) is 14.2 Å². The van der Waals surface area contributed by atoms with Crippen molar-refractivity contribution in [3.8, 4) is 23.3 Å². The van der Waals surface area contributed by atoms with Crippen LogP contribution in [0, 0.1) is 11.3 Å². The zero-order valence-corrected chi connectivity index (χ0v) is 18.3. The van der Waals surface area contributed by atoms with Crippen molar-refractivity contribution in [1.82, 2.24) is 4.98 Å². The predicted octanol–water partition coefficient (Wildman–Crippen LogP) is 5.40. The van der Waals surface area contributed by atoms with Gasteiger partial charge in [-0.25, -0.2) is 0 Å². The second-order valence-electron chi connectivity index (χ2n) is 7.32. The van der Waals surface area contributed by atoms with E-state index in [1.165, 1.54) is 0 Å². The molecule has 0 aliphatic rings. The molecule has 0 saturated carbocycles. The highest BCUT2D eigenvalue weighted by Crippen LogP contribution is 2.31. The van der Waals surface area contributed by atoms with E-state index in [9.17, 15) is 10.1 Å². The van der Waals surface area contributed by atoms with Crippen LogP contribution in [0.25, 0.3) is 22.6 Å². The molecule has 0 spiro atoms. The number of hydrogen-bond donors (Lipinski definition) is 1. The lowest BCUT2D eigenvalue weighted by Crippen LogP contribution is -2.11. The van der Waals surface area contributed by atoms with E-state index in [1.807, 2.05) is 36.5 Å². The van der Waals surface area contributed by atoms with E-state index in [1.54, 1.807) is 56.7 Å². The minimum Gasteiger partial charge on any atom is -0.493 e. The number of para-hydroxylation sites is 1. The number of hydrogen-bond acceptors (Lipinski definition) is 5. The summed E-state index contributed by atoms with van der Waals surface area (Å²) in [4.78, 5) is 15.7. The molecule has 0 saturated heterocycles. The Bertz CT molecular complexity index is 1380. The lowest BCUT2D eigenvalue weighted by atomic mass is 10.0. The van der Waals surface area contributed by atoms with E-state index in [2.05, 4.69) is 11.1 Å². The summed E-state index contributed by atoms with van der Waals surface area (Å²) >= 11 is 0. The Hall–Kier alpha value is -4.50. The van der Waals surface area contributed by atoms with Crippen LogP contribution in [0.2, 0.25) is 0 Å². The third-order valence-corrected chi connectivity index (χ3v) is 5.23. The van der Waals surface area contributed by atoms with Crippen molar-refractivity contribution in [3.63, 3.8) is 0 Å². The van der Waals surface area contributed by atoms with Gasteiger partial charge in [-0.2, -0.15) is 5.26 Å². The van der Waals surface area contributed by atoms with Gasteiger partial charge in [-0.05, 0) is 59.2 Å². The summed E-state index contributed by atoms with van der Waals surface area (Å²) in [6.45, 7) is 0. The Balaban J connectivity index is 1.52. The van der Waals surface area contributed by atoms with E-state index in [-0.39, 0.29) is 12.4 Å². The first-order valence-corrected chi connectivity index (χ1v) is 10.3. The lowest BCUT2D eigenvalue weighted by molar-refractivity contribution is -0.133. The van der Waals surface area contributed by atoms with E-state index < -0.39 is 0 Å². The molecular formula is C27H22N2O4. The van der Waals surface area contributed by atoms with Crippen LogP contribution in [0.4, 0.5) is 0 Å². The molecule has 0 unspecified atom stereocenters. The maximum atomic E-state index is 12.5. The summed E-state index contributed by atoms with van der Waals surface area (Å²) in [7, 11) is 3.11. The van der Waals surface area contributed by atoms with E-state index in [0.717, 1.165) is 22.0 Å². The highest BCUT2D eigenvalue weighted by molar-refractivity contribution is 5.91. The SMILES string of the molecule is COc1ccc(/C(C#N)=C\c2cccc(OC(=O)Cc3c[nH]c4ccccc34)c2)cc1OC. The van der Waals surface area contributed by atoms with Gasteiger partial charge in [0.1, 0.15) is 5.75 Å². The average molecular weight is 438 g/mol. The van der Waals surface area contributed by atoms with Gasteiger partial charge < -0.3 is 19.2 Å². The zero-order valence-electron chi connectivity index (χ0n) is 18.3. The first-order valence-electron chi connectivity index (χ1n) is 10.3. The Morgan fingerprint density at radius 1 is 1.00 bits per heavy atom. The molecule has 1 heterocycles. The van der Waals surface area contributed by atoms with Gasteiger partial charge in [0.15, 0.2) is 11.5 Å². The van der Waals surface area contributed by atoms with Crippen LogP contribution in [-0.4, -0.2) is 25.2 Å². The number of benzene rings is 3. The fraction of sp³-hybridized carbons (Fsp3) is 0.111.